The van der Waals surface area contributed by atoms with Crippen LogP contribution in [0.4, 0.5) is 23.7 Å². The minimum atomic E-state index is -4.69. The highest BCUT2D eigenvalue weighted by atomic mass is 127. The molecule has 0 radical (unpaired) electrons. The van der Waals surface area contributed by atoms with E-state index in [-0.39, 0.29) is 40.0 Å². The predicted octanol–water partition coefficient (Wildman–Crippen LogP) is 4.09. The molecule has 0 atom stereocenters. The zero-order valence-corrected chi connectivity index (χ0v) is 24.8. The molecule has 0 unspecified atom stereocenters. The Bertz CT molecular complexity index is 1680. The average molecular weight is 718 g/mol. The van der Waals surface area contributed by atoms with Gasteiger partial charge in [-0.2, -0.15) is 18.3 Å². The lowest BCUT2D eigenvalue weighted by molar-refractivity contribution is -0.141. The lowest BCUT2D eigenvalue weighted by Gasteiger charge is -2.19. The van der Waals surface area contributed by atoms with Gasteiger partial charge in [0.2, 0.25) is 0 Å². The summed E-state index contributed by atoms with van der Waals surface area (Å²) in [6.07, 6.45) is -3.39. The van der Waals surface area contributed by atoms with Crippen molar-refractivity contribution in [3.8, 4) is 5.82 Å². The van der Waals surface area contributed by atoms with Gasteiger partial charge in [-0.05, 0) is 65.4 Å². The van der Waals surface area contributed by atoms with Gasteiger partial charge in [0.05, 0.1) is 41.8 Å². The number of halogens is 5. The van der Waals surface area contributed by atoms with Crippen LogP contribution in [0.5, 0.6) is 0 Å². The molecule has 220 valence electrons. The number of hydrazine groups is 1. The van der Waals surface area contributed by atoms with Gasteiger partial charge in [0.15, 0.2) is 11.5 Å². The van der Waals surface area contributed by atoms with E-state index in [1.807, 2.05) is 22.6 Å². The Morgan fingerprint density at radius 2 is 1.93 bits per heavy atom. The highest BCUT2D eigenvalue weighted by Gasteiger charge is 2.34. The molecule has 3 aromatic heterocycles. The first-order chi connectivity index (χ1) is 19.8. The number of nitrogens with zero attached hydrogens (tertiary/aromatic N) is 7. The first-order valence-corrected chi connectivity index (χ1v) is 13.2. The molecule has 0 saturated heterocycles. The molecule has 4 rings (SSSR count). The normalized spacial score (nSPS) is 11.2. The monoisotopic (exact) mass is 717 g/mol. The van der Waals surface area contributed by atoms with Crippen LogP contribution in [0.15, 0.2) is 42.7 Å². The average Bonchev–Trinajstić information content (AvgIpc) is 3.57. The Balaban J connectivity index is 1.72. The number of anilines is 1. The topological polar surface area (TPSA) is 149 Å². The molecule has 0 spiro atoms. The van der Waals surface area contributed by atoms with Gasteiger partial charge in [0, 0.05) is 16.8 Å². The van der Waals surface area contributed by atoms with E-state index in [0.717, 1.165) is 21.5 Å². The van der Waals surface area contributed by atoms with Crippen molar-refractivity contribution in [1.29, 1.82) is 0 Å². The Hall–Kier alpha value is -4.26. The van der Waals surface area contributed by atoms with Crippen LogP contribution in [0.1, 0.15) is 37.8 Å². The van der Waals surface area contributed by atoms with Crippen molar-refractivity contribution in [3.63, 3.8) is 0 Å². The third-order valence-electron chi connectivity index (χ3n) is 5.59. The molecule has 42 heavy (non-hydrogen) atoms. The van der Waals surface area contributed by atoms with E-state index in [1.165, 1.54) is 31.4 Å². The van der Waals surface area contributed by atoms with Crippen LogP contribution in [-0.4, -0.2) is 66.8 Å². The van der Waals surface area contributed by atoms with Gasteiger partial charge in [-0.25, -0.2) is 24.2 Å². The van der Waals surface area contributed by atoms with Crippen LogP contribution in [-0.2, 0) is 17.5 Å². The van der Waals surface area contributed by atoms with Crippen molar-refractivity contribution >= 4 is 57.8 Å². The largest absolute Gasteiger partial charge is 0.452 e. The maximum atomic E-state index is 13.7. The van der Waals surface area contributed by atoms with Crippen molar-refractivity contribution in [2.24, 2.45) is 0 Å². The first-order valence-electron chi connectivity index (χ1n) is 11.7. The van der Waals surface area contributed by atoms with Crippen molar-refractivity contribution in [1.82, 2.24) is 40.2 Å². The molecule has 0 fully saturated rings. The van der Waals surface area contributed by atoms with Gasteiger partial charge in [0.1, 0.15) is 5.69 Å². The van der Waals surface area contributed by atoms with Crippen molar-refractivity contribution in [2.45, 2.75) is 19.6 Å². The van der Waals surface area contributed by atoms with E-state index in [0.29, 0.717) is 15.3 Å². The molecule has 1 aromatic carbocycles. The minimum absolute atomic E-state index is 0.0351. The number of carbonyl (C=O) groups is 3. The molecule has 0 aliphatic heterocycles. The third kappa shape index (κ3) is 6.78. The fourth-order valence-electron chi connectivity index (χ4n) is 3.70. The number of alkyl halides is 3. The third-order valence-corrected chi connectivity index (χ3v) is 6.50. The summed E-state index contributed by atoms with van der Waals surface area (Å²) in [6, 6.07) is 7.63. The van der Waals surface area contributed by atoms with Crippen molar-refractivity contribution in [3.05, 3.63) is 79.5 Å². The molecule has 4 aromatic rings. The molecule has 13 nitrogen and oxygen atoms in total. The quantitative estimate of drug-likeness (QED) is 0.224. The number of carbonyl (C=O) groups excluding carboxylic acids is 3. The molecule has 3 amide bonds. The van der Waals surface area contributed by atoms with Crippen LogP contribution in [0.2, 0.25) is 5.02 Å². The van der Waals surface area contributed by atoms with Gasteiger partial charge in [-0.1, -0.05) is 16.8 Å². The SMILES string of the molecule is COC(=O)N(C)NC(=O)c1cc(I)cc(C)c1NC(=O)c1cc(Cn2cc(C(F)(F)F)nn2)nn1-c1ncccc1Cl. The smallest absolute Gasteiger partial charge is 0.436 e. The summed E-state index contributed by atoms with van der Waals surface area (Å²) in [4.78, 5) is 42.7. The Kier molecular flexibility index (Phi) is 9.00. The van der Waals surface area contributed by atoms with Gasteiger partial charge in [-0.15, -0.1) is 5.10 Å². The van der Waals surface area contributed by atoms with Gasteiger partial charge < -0.3 is 10.1 Å². The van der Waals surface area contributed by atoms with Gasteiger partial charge >= 0.3 is 12.3 Å². The number of amides is 3. The number of aromatic nitrogens is 6. The maximum Gasteiger partial charge on any atom is 0.436 e. The zero-order chi connectivity index (χ0) is 30.8. The molecule has 0 bridgehead atoms. The van der Waals surface area contributed by atoms with E-state index in [1.54, 1.807) is 19.1 Å². The van der Waals surface area contributed by atoms with Crippen LogP contribution in [0.3, 0.4) is 0 Å². The standard InChI is InChI=1S/C24H20ClF3IN9O4/c1-12-7-13(29)8-15(21(39)34-36(2)23(41)42-3)19(12)31-22(40)17-9-14(10-37-11-18(32-35-37)24(26,27)28)33-38(17)20-16(25)5-4-6-30-20/h4-9,11H,10H2,1-3H3,(H,31,40)(H,34,39). The predicted molar refractivity (Wildman–Crippen MR) is 150 cm³/mol. The zero-order valence-electron chi connectivity index (χ0n) is 21.9. The second kappa shape index (κ2) is 12.3. The highest BCUT2D eigenvalue weighted by molar-refractivity contribution is 14.1. The number of benzene rings is 1. The summed E-state index contributed by atoms with van der Waals surface area (Å²) in [5.74, 6) is -1.39. The summed E-state index contributed by atoms with van der Waals surface area (Å²) in [5, 5.41) is 14.6. The molecular weight excluding hydrogens is 698 g/mol. The summed E-state index contributed by atoms with van der Waals surface area (Å²) in [7, 11) is 2.43. The number of hydrogen-bond donors (Lipinski definition) is 2. The Morgan fingerprint density at radius 3 is 2.57 bits per heavy atom. The van der Waals surface area contributed by atoms with E-state index < -0.39 is 29.8 Å². The molecule has 0 aliphatic rings. The van der Waals surface area contributed by atoms with E-state index in [2.05, 4.69) is 35.9 Å². The summed E-state index contributed by atoms with van der Waals surface area (Å²) >= 11 is 8.31. The molecule has 2 N–H and O–H groups in total. The number of methoxy groups -OCH3 is 1. The van der Waals surface area contributed by atoms with Gasteiger partial charge in [-0.3, -0.25) is 15.0 Å². The number of hydrogen-bond acceptors (Lipinski definition) is 8. The fraction of sp³-hybridized carbons (Fsp3) is 0.208. The first kappa shape index (κ1) is 30.7. The number of aryl methyl sites for hydroxylation is 1. The van der Waals surface area contributed by atoms with Crippen LogP contribution >= 0.6 is 34.2 Å². The lowest BCUT2D eigenvalue weighted by Crippen LogP contribution is -2.43. The fourth-order valence-corrected chi connectivity index (χ4v) is 4.68. The Labute approximate surface area is 254 Å². The van der Waals surface area contributed by atoms with Crippen molar-refractivity contribution < 1.29 is 32.3 Å². The Morgan fingerprint density at radius 1 is 1.19 bits per heavy atom. The van der Waals surface area contributed by atoms with Crippen molar-refractivity contribution in [2.75, 3.05) is 19.5 Å². The number of rotatable bonds is 6. The minimum Gasteiger partial charge on any atom is -0.452 e. The number of nitrogens with one attached hydrogen (secondary N) is 2. The van der Waals surface area contributed by atoms with Gasteiger partial charge in [0.25, 0.3) is 11.8 Å². The van der Waals surface area contributed by atoms with Crippen LogP contribution < -0.4 is 10.7 Å². The summed E-state index contributed by atoms with van der Waals surface area (Å²) in [5.41, 5.74) is 1.90. The molecule has 3 heterocycles. The molecule has 0 saturated carbocycles. The van der Waals surface area contributed by atoms with E-state index >= 15 is 0 Å². The second-order valence-electron chi connectivity index (χ2n) is 8.61. The molecular formula is C24H20ClF3IN9O4. The van der Waals surface area contributed by atoms with E-state index in [4.69, 9.17) is 11.6 Å². The van der Waals surface area contributed by atoms with Crippen LogP contribution in [0, 0.1) is 10.5 Å². The maximum absolute atomic E-state index is 13.7. The number of pyridine rings is 1. The molecule has 0 aliphatic carbocycles. The molecule has 18 heteroatoms. The summed E-state index contributed by atoms with van der Waals surface area (Å²) in [6.45, 7) is 1.40. The van der Waals surface area contributed by atoms with Crippen LogP contribution in [0.25, 0.3) is 5.82 Å². The highest BCUT2D eigenvalue weighted by Crippen LogP contribution is 2.28. The van der Waals surface area contributed by atoms with E-state index in [9.17, 15) is 27.6 Å². The lowest BCUT2D eigenvalue weighted by atomic mass is 10.1. The summed E-state index contributed by atoms with van der Waals surface area (Å²) < 4.78 is 46.3. The second-order valence-corrected chi connectivity index (χ2v) is 10.3. The number of ether oxygens (including phenoxy) is 1.